The number of methoxy groups -OCH3 is 1. The fraction of sp³-hybridized carbons (Fsp3) is 0.333. The van der Waals surface area contributed by atoms with E-state index in [2.05, 4.69) is 39.8 Å². The Balaban J connectivity index is 1.99. The van der Waals surface area contributed by atoms with Crippen LogP contribution in [-0.2, 0) is 10.2 Å². The van der Waals surface area contributed by atoms with Crippen LogP contribution in [-0.4, -0.2) is 18.9 Å². The minimum absolute atomic E-state index is 0.0410. The van der Waals surface area contributed by atoms with Crippen LogP contribution in [0.5, 0.6) is 0 Å². The van der Waals surface area contributed by atoms with Crippen LogP contribution in [0.15, 0.2) is 48.5 Å². The summed E-state index contributed by atoms with van der Waals surface area (Å²) in [5.41, 5.74) is 5.52. The molecule has 140 valence electrons. The number of carbonyl (C=O) groups is 2. The van der Waals surface area contributed by atoms with Crippen molar-refractivity contribution in [3.8, 4) is 0 Å². The third-order valence-electron chi connectivity index (χ3n) is 5.34. The molecule has 1 aliphatic rings. The first-order valence-electron chi connectivity index (χ1n) is 9.32. The third-order valence-corrected chi connectivity index (χ3v) is 5.34. The molecule has 0 heterocycles. The fourth-order valence-electron chi connectivity index (χ4n) is 3.69. The molecule has 0 aromatic heterocycles. The molecule has 0 saturated carbocycles. The molecule has 1 aliphatic carbocycles. The van der Waals surface area contributed by atoms with Crippen molar-refractivity contribution in [1.29, 1.82) is 0 Å². The van der Waals surface area contributed by atoms with Crippen molar-refractivity contribution in [1.82, 2.24) is 0 Å². The summed E-state index contributed by atoms with van der Waals surface area (Å²) in [6.45, 7) is 8.86. The van der Waals surface area contributed by atoms with Crippen LogP contribution >= 0.6 is 0 Å². The monoisotopic (exact) mass is 362 g/mol. The van der Waals surface area contributed by atoms with Crippen LogP contribution in [0, 0.1) is 5.92 Å². The number of benzene rings is 2. The lowest BCUT2D eigenvalue weighted by Crippen LogP contribution is -2.23. The number of allylic oxidation sites excluding steroid dienone is 2. The maximum absolute atomic E-state index is 13.0. The maximum Gasteiger partial charge on any atom is 0.337 e. The second kappa shape index (κ2) is 7.15. The van der Waals surface area contributed by atoms with Crippen molar-refractivity contribution in [2.45, 2.75) is 39.5 Å². The molecule has 0 amide bonds. The predicted molar refractivity (Wildman–Crippen MR) is 108 cm³/mol. The van der Waals surface area contributed by atoms with E-state index in [1.807, 2.05) is 12.1 Å². The van der Waals surface area contributed by atoms with Gasteiger partial charge in [0.2, 0.25) is 0 Å². The molecule has 0 unspecified atom stereocenters. The van der Waals surface area contributed by atoms with Crippen molar-refractivity contribution >= 4 is 17.3 Å². The van der Waals surface area contributed by atoms with Crippen LogP contribution in [0.2, 0.25) is 0 Å². The zero-order chi connectivity index (χ0) is 19.8. The molecular formula is C24H26O3. The molecule has 0 aliphatic heterocycles. The molecule has 0 atom stereocenters. The summed E-state index contributed by atoms with van der Waals surface area (Å²) >= 11 is 0. The van der Waals surface area contributed by atoms with E-state index in [0.717, 1.165) is 6.42 Å². The molecule has 2 aromatic carbocycles. The zero-order valence-electron chi connectivity index (χ0n) is 16.6. The van der Waals surface area contributed by atoms with E-state index in [1.54, 1.807) is 24.3 Å². The van der Waals surface area contributed by atoms with Gasteiger partial charge in [-0.2, -0.15) is 0 Å². The Hall–Kier alpha value is -2.68. The van der Waals surface area contributed by atoms with E-state index in [4.69, 9.17) is 4.74 Å². The Morgan fingerprint density at radius 3 is 2.15 bits per heavy atom. The average molecular weight is 362 g/mol. The zero-order valence-corrected chi connectivity index (χ0v) is 16.6. The second-order valence-electron chi connectivity index (χ2n) is 8.06. The number of hydrogen-bond donors (Lipinski definition) is 0. The Morgan fingerprint density at radius 2 is 1.56 bits per heavy atom. The first-order valence-corrected chi connectivity index (χ1v) is 9.32. The molecule has 0 saturated heterocycles. The summed E-state index contributed by atoms with van der Waals surface area (Å²) < 4.78 is 4.71. The van der Waals surface area contributed by atoms with Crippen molar-refractivity contribution in [3.05, 3.63) is 76.4 Å². The average Bonchev–Trinajstić information content (AvgIpc) is 2.66. The van der Waals surface area contributed by atoms with E-state index in [-0.39, 0.29) is 11.2 Å². The lowest BCUT2D eigenvalue weighted by atomic mass is 9.71. The van der Waals surface area contributed by atoms with E-state index >= 15 is 0 Å². The molecule has 3 heteroatoms. The molecule has 0 fully saturated rings. The molecule has 0 bridgehead atoms. The van der Waals surface area contributed by atoms with Gasteiger partial charge in [-0.15, -0.1) is 0 Å². The Labute approximate surface area is 161 Å². The number of esters is 1. The van der Waals surface area contributed by atoms with E-state index in [1.165, 1.54) is 23.8 Å². The van der Waals surface area contributed by atoms with Crippen molar-refractivity contribution in [2.24, 2.45) is 5.92 Å². The molecule has 0 N–H and O–H groups in total. The van der Waals surface area contributed by atoms with Gasteiger partial charge in [-0.1, -0.05) is 58.0 Å². The molecule has 0 radical (unpaired) electrons. The Bertz CT molecular complexity index is 915. The number of ketones is 1. The second-order valence-corrected chi connectivity index (χ2v) is 8.06. The fourth-order valence-corrected chi connectivity index (χ4v) is 3.69. The standard InChI is InChI=1S/C24H26O3/c1-15(2)19-12-13-24(3,4)21-11-10-18(14-20(19)21)22(25)16-6-8-17(9-7-16)23(26)27-5/h6-12,14-15H,13H2,1-5H3. The predicted octanol–water partition coefficient (Wildman–Crippen LogP) is 5.42. The van der Waals surface area contributed by atoms with Gasteiger partial charge >= 0.3 is 5.97 Å². The lowest BCUT2D eigenvalue weighted by Gasteiger charge is -2.33. The van der Waals surface area contributed by atoms with E-state index < -0.39 is 5.97 Å². The number of fused-ring (bicyclic) bond motifs is 1. The van der Waals surface area contributed by atoms with Gasteiger partial charge in [0.15, 0.2) is 5.78 Å². The van der Waals surface area contributed by atoms with Gasteiger partial charge in [0.05, 0.1) is 12.7 Å². The minimum Gasteiger partial charge on any atom is -0.465 e. The summed E-state index contributed by atoms with van der Waals surface area (Å²) in [5, 5.41) is 0. The summed E-state index contributed by atoms with van der Waals surface area (Å²) in [6.07, 6.45) is 3.32. The minimum atomic E-state index is -0.406. The summed E-state index contributed by atoms with van der Waals surface area (Å²) in [5.74, 6) is -0.0398. The van der Waals surface area contributed by atoms with Crippen LogP contribution in [0.4, 0.5) is 0 Å². The van der Waals surface area contributed by atoms with Gasteiger partial charge in [0.25, 0.3) is 0 Å². The first kappa shape index (κ1) is 19.1. The highest BCUT2D eigenvalue weighted by atomic mass is 16.5. The molecule has 3 nitrogen and oxygen atoms in total. The smallest absolute Gasteiger partial charge is 0.337 e. The topological polar surface area (TPSA) is 43.4 Å². The maximum atomic E-state index is 13.0. The molecular weight excluding hydrogens is 336 g/mol. The van der Waals surface area contributed by atoms with E-state index in [0.29, 0.717) is 22.6 Å². The molecule has 2 aromatic rings. The normalized spacial score (nSPS) is 15.1. The number of hydrogen-bond acceptors (Lipinski definition) is 3. The first-order chi connectivity index (χ1) is 12.7. The largest absolute Gasteiger partial charge is 0.465 e. The van der Waals surface area contributed by atoms with Gasteiger partial charge in [-0.05, 0) is 52.7 Å². The SMILES string of the molecule is COC(=O)c1ccc(C(=O)c2ccc3c(c2)C(C(C)C)=CCC3(C)C)cc1. The Morgan fingerprint density at radius 1 is 0.963 bits per heavy atom. The number of carbonyl (C=O) groups excluding carboxylic acids is 2. The van der Waals surface area contributed by atoms with Crippen molar-refractivity contribution < 1.29 is 14.3 Å². The summed E-state index contributed by atoms with van der Waals surface area (Å²) in [4.78, 5) is 24.6. The van der Waals surface area contributed by atoms with Crippen LogP contribution in [0.3, 0.4) is 0 Å². The van der Waals surface area contributed by atoms with Gasteiger partial charge in [-0.25, -0.2) is 4.79 Å². The van der Waals surface area contributed by atoms with E-state index in [9.17, 15) is 9.59 Å². The van der Waals surface area contributed by atoms with Gasteiger partial charge < -0.3 is 4.74 Å². The molecule has 27 heavy (non-hydrogen) atoms. The summed E-state index contributed by atoms with van der Waals surface area (Å²) in [6, 6.07) is 12.6. The molecule has 0 spiro atoms. The quantitative estimate of drug-likeness (QED) is 0.538. The van der Waals surface area contributed by atoms with Crippen LogP contribution in [0.25, 0.3) is 5.57 Å². The van der Waals surface area contributed by atoms with Gasteiger partial charge in [0, 0.05) is 11.1 Å². The molecule has 3 rings (SSSR count). The third kappa shape index (κ3) is 3.59. The van der Waals surface area contributed by atoms with Crippen molar-refractivity contribution in [2.75, 3.05) is 7.11 Å². The van der Waals surface area contributed by atoms with Crippen LogP contribution in [0.1, 0.15) is 71.5 Å². The lowest BCUT2D eigenvalue weighted by molar-refractivity contribution is 0.0600. The summed E-state index contributed by atoms with van der Waals surface area (Å²) in [7, 11) is 1.34. The van der Waals surface area contributed by atoms with Gasteiger partial charge in [0.1, 0.15) is 0 Å². The number of ether oxygens (including phenoxy) is 1. The highest BCUT2D eigenvalue weighted by Gasteiger charge is 2.29. The van der Waals surface area contributed by atoms with Crippen molar-refractivity contribution in [3.63, 3.8) is 0 Å². The highest BCUT2D eigenvalue weighted by molar-refractivity contribution is 6.09. The van der Waals surface area contributed by atoms with Gasteiger partial charge in [-0.3, -0.25) is 4.79 Å². The highest BCUT2D eigenvalue weighted by Crippen LogP contribution is 2.41. The number of rotatable bonds is 4. The Kier molecular flexibility index (Phi) is 5.05. The van der Waals surface area contributed by atoms with Crippen LogP contribution < -0.4 is 0 Å².